The lowest BCUT2D eigenvalue weighted by Gasteiger charge is -2.21. The number of thiazole rings is 1. The van der Waals surface area contributed by atoms with E-state index in [0.717, 1.165) is 26.6 Å². The third-order valence-electron chi connectivity index (χ3n) is 5.90. The van der Waals surface area contributed by atoms with Gasteiger partial charge in [-0.2, -0.15) is 0 Å². The van der Waals surface area contributed by atoms with Gasteiger partial charge in [0.15, 0.2) is 5.13 Å². The van der Waals surface area contributed by atoms with E-state index in [4.69, 9.17) is 9.72 Å². The van der Waals surface area contributed by atoms with E-state index in [9.17, 15) is 4.79 Å². The molecule has 5 rings (SSSR count). The number of hydrogen-bond donors (Lipinski definition) is 0. The van der Waals surface area contributed by atoms with Crippen LogP contribution in [0.1, 0.15) is 41.3 Å². The van der Waals surface area contributed by atoms with Crippen molar-refractivity contribution in [3.63, 3.8) is 0 Å². The van der Waals surface area contributed by atoms with Crippen molar-refractivity contribution >= 4 is 43.4 Å². The highest BCUT2D eigenvalue weighted by molar-refractivity contribution is 7.22. The maximum Gasteiger partial charge on any atom is 0.264 e. The number of carbonyl (C=O) groups is 1. The van der Waals surface area contributed by atoms with Crippen LogP contribution in [0.3, 0.4) is 0 Å². The summed E-state index contributed by atoms with van der Waals surface area (Å²) in [6, 6.07) is 21.9. The van der Waals surface area contributed by atoms with Gasteiger partial charge in [0.1, 0.15) is 5.75 Å². The minimum Gasteiger partial charge on any atom is -0.496 e. The molecule has 170 valence electrons. The molecule has 0 radical (unpaired) electrons. The van der Waals surface area contributed by atoms with E-state index in [0.29, 0.717) is 28.9 Å². The number of aromatic nitrogens is 2. The molecule has 3 aromatic carbocycles. The largest absolute Gasteiger partial charge is 0.496 e. The van der Waals surface area contributed by atoms with Gasteiger partial charge in [-0.05, 0) is 52.1 Å². The van der Waals surface area contributed by atoms with Crippen molar-refractivity contribution in [2.24, 2.45) is 0 Å². The molecule has 0 N–H and O–H groups in total. The highest BCUT2D eigenvalue weighted by Gasteiger charge is 2.25. The number of anilines is 1. The molecule has 5 nitrogen and oxygen atoms in total. The Morgan fingerprint density at radius 1 is 1.03 bits per heavy atom. The summed E-state index contributed by atoms with van der Waals surface area (Å²) in [7, 11) is 1.60. The summed E-state index contributed by atoms with van der Waals surface area (Å²) in [4.78, 5) is 25.0. The predicted molar refractivity (Wildman–Crippen MR) is 139 cm³/mol. The van der Waals surface area contributed by atoms with Crippen LogP contribution in [0.5, 0.6) is 5.75 Å². The molecule has 1 amide bonds. The van der Waals surface area contributed by atoms with Gasteiger partial charge in [0.2, 0.25) is 0 Å². The molecule has 2 aromatic heterocycles. The van der Waals surface area contributed by atoms with Crippen molar-refractivity contribution in [3.05, 3.63) is 95.8 Å². The summed E-state index contributed by atoms with van der Waals surface area (Å²) in [5.41, 5.74) is 3.57. The number of ether oxygens (including phenoxy) is 1. The molecule has 2 heterocycles. The molecule has 0 aliphatic rings. The number of rotatable bonds is 6. The van der Waals surface area contributed by atoms with E-state index in [1.807, 2.05) is 48.5 Å². The maximum atomic E-state index is 14.1. The minimum absolute atomic E-state index is 0.156. The molecule has 0 saturated heterocycles. The van der Waals surface area contributed by atoms with E-state index in [1.165, 1.54) is 16.9 Å². The maximum absolute atomic E-state index is 14.1. The van der Waals surface area contributed by atoms with Crippen molar-refractivity contribution in [2.45, 2.75) is 26.3 Å². The average Bonchev–Trinajstić information content (AvgIpc) is 3.30. The Kier molecular flexibility index (Phi) is 5.99. The van der Waals surface area contributed by atoms with Crippen LogP contribution in [0.15, 0.2) is 79.1 Å². The standard InChI is InChI=1S/C28H25N3O2S/c1-18(2)22-11-6-12-25-26(22)30-28(34-25)31(17-19-8-7-13-29-16-19)27(32)23-14-20-9-4-5-10-21(20)15-24(23)33-3/h4-16,18H,17H2,1-3H3. The minimum atomic E-state index is -0.156. The zero-order valence-corrected chi connectivity index (χ0v) is 20.2. The smallest absolute Gasteiger partial charge is 0.264 e. The van der Waals surface area contributed by atoms with Crippen LogP contribution in [-0.4, -0.2) is 23.0 Å². The molecule has 0 spiro atoms. The molecule has 0 saturated carbocycles. The monoisotopic (exact) mass is 467 g/mol. The number of amides is 1. The van der Waals surface area contributed by atoms with E-state index < -0.39 is 0 Å². The van der Waals surface area contributed by atoms with Gasteiger partial charge in [0.25, 0.3) is 5.91 Å². The molecule has 0 atom stereocenters. The Hall–Kier alpha value is -3.77. The van der Waals surface area contributed by atoms with Crippen molar-refractivity contribution in [1.29, 1.82) is 0 Å². The van der Waals surface area contributed by atoms with Crippen molar-refractivity contribution in [1.82, 2.24) is 9.97 Å². The first-order chi connectivity index (χ1) is 16.5. The SMILES string of the molecule is COc1cc2ccccc2cc1C(=O)N(Cc1cccnc1)c1nc2c(C(C)C)cccc2s1. The van der Waals surface area contributed by atoms with E-state index >= 15 is 0 Å². The zero-order valence-electron chi connectivity index (χ0n) is 19.4. The van der Waals surface area contributed by atoms with E-state index in [1.54, 1.807) is 24.4 Å². The lowest BCUT2D eigenvalue weighted by atomic mass is 10.0. The number of nitrogens with zero attached hydrogens (tertiary/aromatic N) is 3. The van der Waals surface area contributed by atoms with E-state index in [2.05, 4.69) is 37.0 Å². The van der Waals surface area contributed by atoms with Gasteiger partial charge in [-0.25, -0.2) is 4.98 Å². The number of hydrogen-bond acceptors (Lipinski definition) is 5. The van der Waals surface area contributed by atoms with Crippen LogP contribution in [0.4, 0.5) is 5.13 Å². The Labute approximate surface area is 202 Å². The van der Waals surface area contributed by atoms with Crippen molar-refractivity contribution in [2.75, 3.05) is 12.0 Å². The van der Waals surface area contributed by atoms with Crippen molar-refractivity contribution in [3.8, 4) is 5.75 Å². The fourth-order valence-electron chi connectivity index (χ4n) is 4.14. The van der Waals surface area contributed by atoms with Crippen LogP contribution in [0.25, 0.3) is 21.0 Å². The second kappa shape index (κ2) is 9.23. The third-order valence-corrected chi connectivity index (χ3v) is 6.94. The fraction of sp³-hybridized carbons (Fsp3) is 0.179. The zero-order chi connectivity index (χ0) is 23.7. The lowest BCUT2D eigenvalue weighted by molar-refractivity contribution is 0.0982. The first kappa shape index (κ1) is 22.0. The van der Waals surface area contributed by atoms with Gasteiger partial charge in [0.05, 0.1) is 29.4 Å². The molecular formula is C28H25N3O2S. The highest BCUT2D eigenvalue weighted by Crippen LogP contribution is 2.36. The highest BCUT2D eigenvalue weighted by atomic mass is 32.1. The molecule has 0 fully saturated rings. The molecule has 34 heavy (non-hydrogen) atoms. The average molecular weight is 468 g/mol. The number of methoxy groups -OCH3 is 1. The molecule has 0 aliphatic carbocycles. The van der Waals surface area contributed by atoms with Gasteiger partial charge in [-0.15, -0.1) is 0 Å². The fourth-order valence-corrected chi connectivity index (χ4v) is 5.14. The summed E-state index contributed by atoms with van der Waals surface area (Å²) in [5.74, 6) is 0.724. The first-order valence-corrected chi connectivity index (χ1v) is 12.0. The van der Waals surface area contributed by atoms with Crippen molar-refractivity contribution < 1.29 is 9.53 Å². The second-order valence-corrected chi connectivity index (χ2v) is 9.51. The Bertz CT molecular complexity index is 1480. The van der Waals surface area contributed by atoms with Crippen LogP contribution in [-0.2, 0) is 6.54 Å². The number of benzene rings is 3. The Morgan fingerprint density at radius 2 is 1.82 bits per heavy atom. The number of fused-ring (bicyclic) bond motifs is 2. The van der Waals surface area contributed by atoms with Crippen LogP contribution < -0.4 is 9.64 Å². The van der Waals surface area contributed by atoms with Gasteiger partial charge < -0.3 is 4.74 Å². The molecule has 5 aromatic rings. The van der Waals surface area contributed by atoms with Crippen LogP contribution >= 0.6 is 11.3 Å². The molecular weight excluding hydrogens is 442 g/mol. The summed E-state index contributed by atoms with van der Waals surface area (Å²) < 4.78 is 6.71. The van der Waals surface area contributed by atoms with Gasteiger partial charge >= 0.3 is 0 Å². The predicted octanol–water partition coefficient (Wildman–Crippen LogP) is 6.82. The Balaban J connectivity index is 1.65. The molecule has 0 aliphatic heterocycles. The molecule has 6 heteroatoms. The number of para-hydroxylation sites is 1. The summed E-state index contributed by atoms with van der Waals surface area (Å²) in [6.45, 7) is 4.68. The van der Waals surface area contributed by atoms with Gasteiger partial charge in [0, 0.05) is 12.4 Å². The van der Waals surface area contributed by atoms with Crippen LogP contribution in [0.2, 0.25) is 0 Å². The van der Waals surface area contributed by atoms with Gasteiger partial charge in [-0.3, -0.25) is 14.7 Å². The Morgan fingerprint density at radius 3 is 2.53 bits per heavy atom. The molecule has 0 unspecified atom stereocenters. The summed E-state index contributed by atoms with van der Waals surface area (Å²) in [6.07, 6.45) is 3.51. The van der Waals surface area contributed by atoms with E-state index in [-0.39, 0.29) is 5.91 Å². The lowest BCUT2D eigenvalue weighted by Crippen LogP contribution is -2.30. The summed E-state index contributed by atoms with van der Waals surface area (Å²) >= 11 is 1.53. The topological polar surface area (TPSA) is 55.3 Å². The third kappa shape index (κ3) is 4.13. The van der Waals surface area contributed by atoms with Gasteiger partial charge in [-0.1, -0.05) is 67.6 Å². The summed E-state index contributed by atoms with van der Waals surface area (Å²) in [5, 5.41) is 2.67. The second-order valence-electron chi connectivity index (χ2n) is 8.50. The number of pyridine rings is 1. The molecule has 0 bridgehead atoms. The van der Waals surface area contributed by atoms with Crippen LogP contribution in [0, 0.1) is 0 Å². The normalized spacial score (nSPS) is 11.3. The first-order valence-electron chi connectivity index (χ1n) is 11.2. The number of carbonyl (C=O) groups excluding carboxylic acids is 1. The quantitative estimate of drug-likeness (QED) is 0.275.